The first-order valence-corrected chi connectivity index (χ1v) is 13.6. The second kappa shape index (κ2) is 10.4. The summed E-state index contributed by atoms with van der Waals surface area (Å²) < 4.78 is 23.2. The number of urea groups is 2. The molecular formula is C21H24N5NaO8S2. The van der Waals surface area contributed by atoms with Gasteiger partial charge in [-0.3, -0.25) is 9.59 Å². The molecule has 0 spiro atoms. The monoisotopic (exact) mass is 561 g/mol. The number of nitrogens with zero attached hydrogens (tertiary/aromatic N) is 3. The molecule has 0 aromatic heterocycles. The smallest absolute Gasteiger partial charge is 0.548 e. The molecule has 3 aliphatic rings. The zero-order valence-electron chi connectivity index (χ0n) is 20.5. The Labute approximate surface area is 239 Å². The van der Waals surface area contributed by atoms with Gasteiger partial charge in [0.2, 0.25) is 21.8 Å². The fourth-order valence-corrected chi connectivity index (χ4v) is 6.94. The van der Waals surface area contributed by atoms with Crippen molar-refractivity contribution in [1.29, 1.82) is 0 Å². The number of sulfonamides is 1. The minimum absolute atomic E-state index is 0. The maximum atomic E-state index is 13.3. The van der Waals surface area contributed by atoms with Crippen LogP contribution in [0.1, 0.15) is 25.5 Å². The summed E-state index contributed by atoms with van der Waals surface area (Å²) in [4.78, 5) is 64.8. The SMILES string of the molecule is CC1(C)S[C@@H]2[C@H](NC(=O)[C@H](NC(=O)N3CCN(S(C)(=O)=O)C3=O)c3ccccc3)C(=O)N2[C@@H]1C(=O)[O-].[Na+]. The number of hydrogen-bond donors (Lipinski definition) is 2. The standard InChI is InChI=1S/C21H25N5O8S2.Na/c1-21(2)14(18(29)30)26-16(28)13(17(26)35-21)22-15(27)12(11-7-5-4-6-8-11)23-19(31)24-9-10-25(20(24)32)36(3,33)34;/h4-8,12-14,17H,9-10H2,1-3H3,(H,22,27)(H,23,31)(H,29,30);/q;+1/p-1/t12-,13-,14-,17-;/m1./s1. The van der Waals surface area contributed by atoms with E-state index in [1.54, 1.807) is 44.2 Å². The molecule has 3 heterocycles. The summed E-state index contributed by atoms with van der Waals surface area (Å²) in [5.41, 5.74) is 0.352. The van der Waals surface area contributed by atoms with Crippen LogP contribution in [0.5, 0.6) is 0 Å². The Morgan fingerprint density at radius 2 is 1.76 bits per heavy atom. The van der Waals surface area contributed by atoms with Crippen LogP contribution >= 0.6 is 11.8 Å². The summed E-state index contributed by atoms with van der Waals surface area (Å²) >= 11 is 1.22. The van der Waals surface area contributed by atoms with Gasteiger partial charge in [-0.2, -0.15) is 0 Å². The topological polar surface area (TPSA) is 176 Å². The number of imide groups is 1. The minimum Gasteiger partial charge on any atom is -0.548 e. The van der Waals surface area contributed by atoms with Gasteiger partial charge in [-0.15, -0.1) is 11.8 Å². The Kier molecular flexibility index (Phi) is 8.25. The predicted octanol–water partition coefficient (Wildman–Crippen LogP) is -4.56. The number of thioether (sulfide) groups is 1. The van der Waals surface area contributed by atoms with E-state index in [0.717, 1.165) is 6.26 Å². The molecule has 1 aromatic rings. The van der Waals surface area contributed by atoms with Crippen LogP contribution in [-0.4, -0.2) is 93.9 Å². The van der Waals surface area contributed by atoms with Crippen LogP contribution in [0.4, 0.5) is 9.59 Å². The van der Waals surface area contributed by atoms with Crippen LogP contribution in [0.25, 0.3) is 0 Å². The predicted molar refractivity (Wildman–Crippen MR) is 124 cm³/mol. The summed E-state index contributed by atoms with van der Waals surface area (Å²) in [6.45, 7) is 2.92. The Bertz CT molecular complexity index is 1240. The first-order valence-electron chi connectivity index (χ1n) is 10.9. The summed E-state index contributed by atoms with van der Waals surface area (Å²) in [5, 5.41) is 16.0. The maximum absolute atomic E-state index is 13.3. The molecule has 0 radical (unpaired) electrons. The normalized spacial score (nSPS) is 25.1. The van der Waals surface area contributed by atoms with Crippen LogP contribution in [0, 0.1) is 0 Å². The number of amides is 6. The molecule has 4 atom stereocenters. The molecule has 3 aliphatic heterocycles. The molecule has 194 valence electrons. The van der Waals surface area contributed by atoms with Gasteiger partial charge in [0.25, 0.3) is 0 Å². The Hall–Kier alpha value is -2.33. The van der Waals surface area contributed by atoms with Gasteiger partial charge in [-0.1, -0.05) is 30.3 Å². The van der Waals surface area contributed by atoms with E-state index in [1.165, 1.54) is 16.7 Å². The third-order valence-electron chi connectivity index (χ3n) is 6.24. The van der Waals surface area contributed by atoms with E-state index in [1.807, 2.05) is 0 Å². The minimum atomic E-state index is -3.87. The van der Waals surface area contributed by atoms with Crippen molar-refractivity contribution in [3.05, 3.63) is 35.9 Å². The molecular weight excluding hydrogens is 537 g/mol. The zero-order chi connectivity index (χ0) is 26.6. The average Bonchev–Trinajstić information content (AvgIpc) is 3.31. The number of carboxylic acid groups (broad SMARTS) is 1. The number of nitrogens with one attached hydrogen (secondary N) is 2. The molecule has 0 saturated carbocycles. The van der Waals surface area contributed by atoms with Crippen LogP contribution < -0.4 is 45.3 Å². The number of hydrogen-bond acceptors (Lipinski definition) is 9. The summed E-state index contributed by atoms with van der Waals surface area (Å²) in [5.74, 6) is -2.73. The third kappa shape index (κ3) is 5.32. The number of aliphatic carboxylic acids is 1. The van der Waals surface area contributed by atoms with Gasteiger partial charge in [0.15, 0.2) is 0 Å². The van der Waals surface area contributed by atoms with Crippen molar-refractivity contribution in [2.24, 2.45) is 0 Å². The molecule has 3 fully saturated rings. The fourth-order valence-electron chi connectivity index (χ4n) is 4.52. The Balaban J connectivity index is 0.00000380. The van der Waals surface area contributed by atoms with Crippen molar-refractivity contribution < 1.29 is 67.1 Å². The first-order chi connectivity index (χ1) is 16.7. The van der Waals surface area contributed by atoms with Gasteiger partial charge in [0.1, 0.15) is 17.5 Å². The molecule has 4 rings (SSSR count). The molecule has 3 saturated heterocycles. The van der Waals surface area contributed by atoms with Crippen molar-refractivity contribution in [3.63, 3.8) is 0 Å². The number of fused-ring (bicyclic) bond motifs is 1. The second-order valence-electron chi connectivity index (χ2n) is 9.13. The van der Waals surface area contributed by atoms with E-state index in [9.17, 15) is 37.5 Å². The van der Waals surface area contributed by atoms with E-state index < -0.39 is 68.1 Å². The van der Waals surface area contributed by atoms with Gasteiger partial charge < -0.3 is 25.4 Å². The van der Waals surface area contributed by atoms with E-state index in [4.69, 9.17) is 0 Å². The molecule has 0 aliphatic carbocycles. The van der Waals surface area contributed by atoms with E-state index in [-0.39, 0.29) is 42.6 Å². The first kappa shape index (κ1) is 29.2. The molecule has 0 bridgehead atoms. The number of carbonyl (C=O) groups excluding carboxylic acids is 5. The molecule has 13 nitrogen and oxygen atoms in total. The third-order valence-corrected chi connectivity index (χ3v) is 8.95. The Morgan fingerprint density at radius 3 is 2.30 bits per heavy atom. The van der Waals surface area contributed by atoms with E-state index >= 15 is 0 Å². The maximum Gasteiger partial charge on any atom is 1.00 e. The van der Waals surface area contributed by atoms with Crippen molar-refractivity contribution in [2.45, 2.75) is 42.1 Å². The van der Waals surface area contributed by atoms with Crippen molar-refractivity contribution in [3.8, 4) is 0 Å². The summed E-state index contributed by atoms with van der Waals surface area (Å²) in [6, 6.07) is 2.56. The molecule has 16 heteroatoms. The van der Waals surface area contributed by atoms with Crippen LogP contribution in [0.3, 0.4) is 0 Å². The van der Waals surface area contributed by atoms with Gasteiger partial charge in [-0.25, -0.2) is 27.2 Å². The number of carboxylic acids is 1. The van der Waals surface area contributed by atoms with Crippen molar-refractivity contribution in [1.82, 2.24) is 24.7 Å². The van der Waals surface area contributed by atoms with Crippen LogP contribution in [0.15, 0.2) is 30.3 Å². The molecule has 2 N–H and O–H groups in total. The number of β-lactam (4-membered cyclic amide) rings is 1. The zero-order valence-corrected chi connectivity index (χ0v) is 24.2. The van der Waals surface area contributed by atoms with Crippen molar-refractivity contribution >= 4 is 51.6 Å². The second-order valence-corrected chi connectivity index (χ2v) is 12.8. The van der Waals surface area contributed by atoms with Gasteiger partial charge in [0, 0.05) is 4.75 Å². The summed E-state index contributed by atoms with van der Waals surface area (Å²) in [7, 11) is -3.87. The van der Waals surface area contributed by atoms with Gasteiger partial charge in [0.05, 0.1) is 31.4 Å². The average molecular weight is 562 g/mol. The molecule has 1 aromatic carbocycles. The fraction of sp³-hybridized carbons (Fsp3) is 0.476. The quantitative estimate of drug-likeness (QED) is 0.256. The Morgan fingerprint density at radius 1 is 1.14 bits per heavy atom. The molecule has 6 amide bonds. The largest absolute Gasteiger partial charge is 1.00 e. The number of benzene rings is 1. The van der Waals surface area contributed by atoms with Crippen LogP contribution in [-0.2, 0) is 24.4 Å². The summed E-state index contributed by atoms with van der Waals surface area (Å²) in [6.07, 6.45) is 0.846. The van der Waals surface area contributed by atoms with Crippen molar-refractivity contribution in [2.75, 3.05) is 19.3 Å². The number of rotatable bonds is 6. The van der Waals surface area contributed by atoms with Gasteiger partial charge in [-0.05, 0) is 19.4 Å². The molecule has 0 unspecified atom stereocenters. The van der Waals surface area contributed by atoms with Crippen LogP contribution in [0.2, 0.25) is 0 Å². The van der Waals surface area contributed by atoms with Gasteiger partial charge >= 0.3 is 41.6 Å². The number of carbonyl (C=O) groups is 5. The van der Waals surface area contributed by atoms with E-state index in [0.29, 0.717) is 14.8 Å². The molecule has 37 heavy (non-hydrogen) atoms. The van der Waals surface area contributed by atoms with E-state index in [2.05, 4.69) is 10.6 Å².